The molecule has 0 aliphatic rings. The van der Waals surface area contributed by atoms with Gasteiger partial charge in [0.15, 0.2) is 0 Å². The molecule has 1 rings (SSSR count). The lowest BCUT2D eigenvalue weighted by Crippen LogP contribution is -2.36. The molecule has 1 atom stereocenters. The molecule has 0 aliphatic carbocycles. The van der Waals surface area contributed by atoms with Gasteiger partial charge in [-0.1, -0.05) is 25.1 Å². The van der Waals surface area contributed by atoms with E-state index in [1.807, 2.05) is 13.0 Å². The third-order valence-corrected chi connectivity index (χ3v) is 2.82. The van der Waals surface area contributed by atoms with Crippen molar-refractivity contribution < 1.29 is 17.9 Å². The van der Waals surface area contributed by atoms with Crippen LogP contribution in [0.25, 0.3) is 0 Å². The Labute approximate surface area is 112 Å². The number of ether oxygens (including phenoxy) is 1. The van der Waals surface area contributed by atoms with Gasteiger partial charge in [0.25, 0.3) is 0 Å². The average molecular weight is 275 g/mol. The van der Waals surface area contributed by atoms with Crippen LogP contribution >= 0.6 is 0 Å². The third kappa shape index (κ3) is 5.96. The van der Waals surface area contributed by atoms with Crippen molar-refractivity contribution in [3.63, 3.8) is 0 Å². The Balaban J connectivity index is 2.75. The maximum atomic E-state index is 12.5. The van der Waals surface area contributed by atoms with E-state index in [2.05, 4.69) is 5.32 Å². The van der Waals surface area contributed by atoms with E-state index in [-0.39, 0.29) is 0 Å². The van der Waals surface area contributed by atoms with Crippen LogP contribution in [0.4, 0.5) is 13.2 Å². The van der Waals surface area contributed by atoms with Crippen molar-refractivity contribution >= 4 is 0 Å². The molecule has 0 saturated carbocycles. The summed E-state index contributed by atoms with van der Waals surface area (Å²) in [5.74, 6) is 0.632. The number of hydrogen-bond acceptors (Lipinski definition) is 2. The minimum Gasteiger partial charge on any atom is -0.496 e. The summed E-state index contributed by atoms with van der Waals surface area (Å²) >= 11 is 0. The Morgan fingerprint density at radius 2 is 1.95 bits per heavy atom. The van der Waals surface area contributed by atoms with Gasteiger partial charge < -0.3 is 10.1 Å². The van der Waals surface area contributed by atoms with E-state index >= 15 is 0 Å². The van der Waals surface area contributed by atoms with Gasteiger partial charge in [-0.15, -0.1) is 0 Å². The standard InChI is InChI=1S/C14H20F3NO/c1-3-8-18-12(10-14(15,16)17)9-11-6-4-5-7-13(11)19-2/h4-7,12,18H,3,8-10H2,1-2H3. The lowest BCUT2D eigenvalue weighted by molar-refractivity contribution is -0.139. The zero-order valence-corrected chi connectivity index (χ0v) is 11.3. The van der Waals surface area contributed by atoms with Crippen LogP contribution in [0.15, 0.2) is 24.3 Å². The molecule has 1 unspecified atom stereocenters. The summed E-state index contributed by atoms with van der Waals surface area (Å²) in [6.07, 6.45) is -3.87. The Kier molecular flexibility index (Phi) is 6.15. The summed E-state index contributed by atoms with van der Waals surface area (Å²) < 4.78 is 42.8. The normalized spacial score (nSPS) is 13.3. The molecular weight excluding hydrogens is 255 g/mol. The van der Waals surface area contributed by atoms with E-state index in [1.54, 1.807) is 18.2 Å². The second kappa shape index (κ2) is 7.38. The average Bonchev–Trinajstić information content (AvgIpc) is 2.35. The maximum absolute atomic E-state index is 12.5. The van der Waals surface area contributed by atoms with Gasteiger partial charge in [0, 0.05) is 6.04 Å². The highest BCUT2D eigenvalue weighted by Crippen LogP contribution is 2.25. The smallest absolute Gasteiger partial charge is 0.390 e. The van der Waals surface area contributed by atoms with Gasteiger partial charge in [-0.2, -0.15) is 13.2 Å². The molecule has 1 N–H and O–H groups in total. The number of hydrogen-bond donors (Lipinski definition) is 1. The molecule has 5 heteroatoms. The van der Waals surface area contributed by atoms with Crippen molar-refractivity contribution in [3.8, 4) is 5.75 Å². The SMILES string of the molecule is CCCNC(Cc1ccccc1OC)CC(F)(F)F. The molecule has 0 amide bonds. The van der Waals surface area contributed by atoms with Crippen LogP contribution < -0.4 is 10.1 Å². The molecule has 0 aromatic heterocycles. The summed E-state index contributed by atoms with van der Waals surface area (Å²) in [5, 5.41) is 2.95. The molecule has 1 aromatic rings. The molecule has 108 valence electrons. The first-order valence-corrected chi connectivity index (χ1v) is 6.38. The minimum absolute atomic E-state index is 0.309. The van der Waals surface area contributed by atoms with Gasteiger partial charge in [-0.25, -0.2) is 0 Å². The van der Waals surface area contributed by atoms with Crippen LogP contribution in [0.5, 0.6) is 5.75 Å². The summed E-state index contributed by atoms with van der Waals surface area (Å²) in [4.78, 5) is 0. The fourth-order valence-electron chi connectivity index (χ4n) is 1.98. The monoisotopic (exact) mass is 275 g/mol. The molecule has 2 nitrogen and oxygen atoms in total. The maximum Gasteiger partial charge on any atom is 0.390 e. The summed E-state index contributed by atoms with van der Waals surface area (Å²) in [6.45, 7) is 2.51. The fraction of sp³-hybridized carbons (Fsp3) is 0.571. The number of benzene rings is 1. The Morgan fingerprint density at radius 3 is 2.53 bits per heavy atom. The van der Waals surface area contributed by atoms with Gasteiger partial charge in [0.05, 0.1) is 13.5 Å². The third-order valence-electron chi connectivity index (χ3n) is 2.82. The molecule has 0 radical (unpaired) electrons. The van der Waals surface area contributed by atoms with Crippen molar-refractivity contribution in [2.45, 2.75) is 38.4 Å². The fourth-order valence-corrected chi connectivity index (χ4v) is 1.98. The lowest BCUT2D eigenvalue weighted by atomic mass is 10.0. The van der Waals surface area contributed by atoms with Crippen LogP contribution in [0, 0.1) is 0 Å². The molecule has 0 fully saturated rings. The molecule has 0 saturated heterocycles. The van der Waals surface area contributed by atoms with E-state index in [4.69, 9.17) is 4.74 Å². The Bertz CT molecular complexity index is 379. The largest absolute Gasteiger partial charge is 0.496 e. The first kappa shape index (κ1) is 15.8. The van der Waals surface area contributed by atoms with Crippen molar-refractivity contribution in [2.24, 2.45) is 0 Å². The van der Waals surface area contributed by atoms with E-state index in [1.165, 1.54) is 7.11 Å². The highest BCUT2D eigenvalue weighted by Gasteiger charge is 2.31. The molecule has 0 heterocycles. The predicted molar refractivity (Wildman–Crippen MR) is 69.5 cm³/mol. The molecular formula is C14H20F3NO. The summed E-state index contributed by atoms with van der Waals surface area (Å²) in [5.41, 5.74) is 0.794. The van der Waals surface area contributed by atoms with E-state index in [0.717, 1.165) is 12.0 Å². The first-order valence-electron chi connectivity index (χ1n) is 6.38. The highest BCUT2D eigenvalue weighted by atomic mass is 19.4. The topological polar surface area (TPSA) is 21.3 Å². The van der Waals surface area contributed by atoms with Crippen LogP contribution in [-0.2, 0) is 6.42 Å². The number of nitrogens with one attached hydrogen (secondary N) is 1. The van der Waals surface area contributed by atoms with Crippen LogP contribution in [0.2, 0.25) is 0 Å². The molecule has 0 bridgehead atoms. The minimum atomic E-state index is -4.16. The van der Waals surface area contributed by atoms with Crippen molar-refractivity contribution in [2.75, 3.05) is 13.7 Å². The van der Waals surface area contributed by atoms with Gasteiger partial charge in [0.1, 0.15) is 5.75 Å². The molecule has 0 spiro atoms. The van der Waals surface area contributed by atoms with Gasteiger partial charge >= 0.3 is 6.18 Å². The molecule has 1 aromatic carbocycles. The van der Waals surface area contributed by atoms with Gasteiger partial charge in [-0.05, 0) is 31.0 Å². The Morgan fingerprint density at radius 1 is 1.26 bits per heavy atom. The number of methoxy groups -OCH3 is 1. The second-order valence-corrected chi connectivity index (χ2v) is 4.49. The van der Waals surface area contributed by atoms with Crippen molar-refractivity contribution in [1.82, 2.24) is 5.32 Å². The van der Waals surface area contributed by atoms with E-state index in [9.17, 15) is 13.2 Å². The zero-order chi connectivity index (χ0) is 14.3. The van der Waals surface area contributed by atoms with Crippen molar-refractivity contribution in [3.05, 3.63) is 29.8 Å². The van der Waals surface area contributed by atoms with Crippen LogP contribution in [0.1, 0.15) is 25.3 Å². The lowest BCUT2D eigenvalue weighted by Gasteiger charge is -2.21. The van der Waals surface area contributed by atoms with Crippen LogP contribution in [-0.4, -0.2) is 25.9 Å². The van der Waals surface area contributed by atoms with Gasteiger partial charge in [-0.3, -0.25) is 0 Å². The predicted octanol–water partition coefficient (Wildman–Crippen LogP) is 3.56. The van der Waals surface area contributed by atoms with E-state index in [0.29, 0.717) is 18.7 Å². The number of para-hydroxylation sites is 1. The molecule has 0 aliphatic heterocycles. The number of alkyl halides is 3. The quantitative estimate of drug-likeness (QED) is 0.821. The van der Waals surface area contributed by atoms with Crippen molar-refractivity contribution in [1.29, 1.82) is 0 Å². The van der Waals surface area contributed by atoms with Gasteiger partial charge in [0.2, 0.25) is 0 Å². The highest BCUT2D eigenvalue weighted by molar-refractivity contribution is 5.33. The van der Waals surface area contributed by atoms with Crippen LogP contribution in [0.3, 0.4) is 0 Å². The number of rotatable bonds is 7. The van der Waals surface area contributed by atoms with E-state index < -0.39 is 18.6 Å². The first-order chi connectivity index (χ1) is 8.96. The Hall–Kier alpha value is -1.23. The summed E-state index contributed by atoms with van der Waals surface area (Å²) in [6, 6.07) is 6.56. The molecule has 19 heavy (non-hydrogen) atoms. The summed E-state index contributed by atoms with van der Waals surface area (Å²) in [7, 11) is 1.52. The zero-order valence-electron chi connectivity index (χ0n) is 11.3. The number of halogens is 3. The second-order valence-electron chi connectivity index (χ2n) is 4.49.